The zero-order valence-corrected chi connectivity index (χ0v) is 13.3. The highest BCUT2D eigenvalue weighted by molar-refractivity contribution is 6.31. The molecule has 1 atom stereocenters. The van der Waals surface area contributed by atoms with Crippen molar-refractivity contribution in [1.82, 2.24) is 5.32 Å². The van der Waals surface area contributed by atoms with Crippen molar-refractivity contribution in [2.75, 3.05) is 20.8 Å². The van der Waals surface area contributed by atoms with Crippen molar-refractivity contribution in [1.29, 1.82) is 0 Å². The highest BCUT2D eigenvalue weighted by Gasteiger charge is 2.25. The first kappa shape index (κ1) is 15.5. The van der Waals surface area contributed by atoms with E-state index in [9.17, 15) is 0 Å². The van der Waals surface area contributed by atoms with Crippen LogP contribution >= 0.6 is 11.6 Å². The summed E-state index contributed by atoms with van der Waals surface area (Å²) in [5.74, 6) is 2.24. The maximum atomic E-state index is 6.44. The molecule has 1 aliphatic carbocycles. The van der Waals surface area contributed by atoms with Gasteiger partial charge in [0, 0.05) is 17.1 Å². The standard InChI is InChI=1S/C16H24ClNO2/c1-4-18-14(8-11-6-5-7-11)12-9-15(19-2)16(20-3)10-13(12)17/h9-11,14,18H,4-8H2,1-3H3. The van der Waals surface area contributed by atoms with E-state index >= 15 is 0 Å². The lowest BCUT2D eigenvalue weighted by atomic mass is 9.79. The molecule has 112 valence electrons. The van der Waals surface area contributed by atoms with Crippen LogP contribution in [0.2, 0.25) is 5.02 Å². The fourth-order valence-corrected chi connectivity index (χ4v) is 3.05. The topological polar surface area (TPSA) is 30.5 Å². The molecule has 20 heavy (non-hydrogen) atoms. The lowest BCUT2D eigenvalue weighted by molar-refractivity contribution is 0.262. The average molecular weight is 298 g/mol. The molecular weight excluding hydrogens is 274 g/mol. The van der Waals surface area contributed by atoms with Crippen LogP contribution < -0.4 is 14.8 Å². The molecule has 1 fully saturated rings. The Hall–Kier alpha value is -0.930. The van der Waals surface area contributed by atoms with Crippen LogP contribution in [0, 0.1) is 5.92 Å². The molecule has 1 aromatic rings. The van der Waals surface area contributed by atoms with Crippen LogP contribution in [0.4, 0.5) is 0 Å². The van der Waals surface area contributed by atoms with Gasteiger partial charge in [0.1, 0.15) is 0 Å². The van der Waals surface area contributed by atoms with Crippen LogP contribution in [0.3, 0.4) is 0 Å². The van der Waals surface area contributed by atoms with Gasteiger partial charge in [-0.3, -0.25) is 0 Å². The van der Waals surface area contributed by atoms with Crippen LogP contribution in [0.25, 0.3) is 0 Å². The van der Waals surface area contributed by atoms with E-state index in [-0.39, 0.29) is 6.04 Å². The number of halogens is 1. The molecule has 1 saturated carbocycles. The zero-order chi connectivity index (χ0) is 14.5. The number of nitrogens with one attached hydrogen (secondary N) is 1. The molecule has 1 aromatic carbocycles. The smallest absolute Gasteiger partial charge is 0.162 e. The first-order valence-corrected chi connectivity index (χ1v) is 7.72. The minimum absolute atomic E-state index is 0.289. The zero-order valence-electron chi connectivity index (χ0n) is 12.5. The molecule has 0 saturated heterocycles. The maximum Gasteiger partial charge on any atom is 0.162 e. The van der Waals surface area contributed by atoms with Gasteiger partial charge in [-0.05, 0) is 30.5 Å². The van der Waals surface area contributed by atoms with Gasteiger partial charge in [0.15, 0.2) is 11.5 Å². The largest absolute Gasteiger partial charge is 0.493 e. The second kappa shape index (κ2) is 7.19. The number of rotatable bonds is 7. The molecule has 1 aliphatic rings. The van der Waals surface area contributed by atoms with E-state index < -0.39 is 0 Å². The quantitative estimate of drug-likeness (QED) is 0.818. The minimum atomic E-state index is 0.289. The molecule has 0 aromatic heterocycles. The highest BCUT2D eigenvalue weighted by Crippen LogP contribution is 2.40. The van der Waals surface area contributed by atoms with Gasteiger partial charge in [-0.25, -0.2) is 0 Å². The van der Waals surface area contributed by atoms with Gasteiger partial charge in [-0.15, -0.1) is 0 Å². The van der Waals surface area contributed by atoms with Gasteiger partial charge in [0.05, 0.1) is 14.2 Å². The molecule has 0 radical (unpaired) electrons. The molecular formula is C16H24ClNO2. The molecule has 1 unspecified atom stereocenters. The molecule has 1 N–H and O–H groups in total. The summed E-state index contributed by atoms with van der Waals surface area (Å²) in [5.41, 5.74) is 1.11. The molecule has 0 heterocycles. The third-order valence-electron chi connectivity index (χ3n) is 4.12. The Balaban J connectivity index is 2.25. The maximum absolute atomic E-state index is 6.44. The Morgan fingerprint density at radius 3 is 2.40 bits per heavy atom. The van der Waals surface area contributed by atoms with Crippen molar-refractivity contribution < 1.29 is 9.47 Å². The van der Waals surface area contributed by atoms with Crippen LogP contribution in [0.15, 0.2) is 12.1 Å². The number of benzene rings is 1. The van der Waals surface area contributed by atoms with Crippen molar-refractivity contribution in [3.63, 3.8) is 0 Å². The van der Waals surface area contributed by atoms with Crippen molar-refractivity contribution in [2.24, 2.45) is 5.92 Å². The molecule has 0 spiro atoms. The van der Waals surface area contributed by atoms with E-state index in [0.29, 0.717) is 5.75 Å². The SMILES string of the molecule is CCNC(CC1CCC1)c1cc(OC)c(OC)cc1Cl. The van der Waals surface area contributed by atoms with Crippen LogP contribution in [0.1, 0.15) is 44.2 Å². The summed E-state index contributed by atoms with van der Waals surface area (Å²) in [7, 11) is 3.29. The fourth-order valence-electron chi connectivity index (χ4n) is 2.77. The second-order valence-corrected chi connectivity index (χ2v) is 5.78. The van der Waals surface area contributed by atoms with Crippen molar-refractivity contribution in [3.8, 4) is 11.5 Å². The first-order valence-electron chi connectivity index (χ1n) is 7.34. The second-order valence-electron chi connectivity index (χ2n) is 5.37. The summed E-state index contributed by atoms with van der Waals surface area (Å²) in [6.45, 7) is 3.06. The summed E-state index contributed by atoms with van der Waals surface area (Å²) in [4.78, 5) is 0. The number of ether oxygens (including phenoxy) is 2. The molecule has 0 bridgehead atoms. The van der Waals surface area contributed by atoms with E-state index in [1.165, 1.54) is 19.3 Å². The van der Waals surface area contributed by atoms with Gasteiger partial charge >= 0.3 is 0 Å². The van der Waals surface area contributed by atoms with Crippen molar-refractivity contribution >= 4 is 11.6 Å². The number of hydrogen-bond donors (Lipinski definition) is 1. The summed E-state index contributed by atoms with van der Waals surface area (Å²) in [6, 6.07) is 4.14. The lowest BCUT2D eigenvalue weighted by Crippen LogP contribution is -2.26. The number of methoxy groups -OCH3 is 2. The van der Waals surface area contributed by atoms with E-state index in [2.05, 4.69) is 12.2 Å². The Labute approximate surface area is 126 Å². The first-order chi connectivity index (χ1) is 9.69. The summed E-state index contributed by atoms with van der Waals surface area (Å²) < 4.78 is 10.7. The summed E-state index contributed by atoms with van der Waals surface area (Å²) in [5, 5.41) is 4.29. The highest BCUT2D eigenvalue weighted by atomic mass is 35.5. The molecule has 0 amide bonds. The van der Waals surface area contributed by atoms with E-state index in [1.807, 2.05) is 12.1 Å². The summed E-state index contributed by atoms with van der Waals surface area (Å²) >= 11 is 6.44. The molecule has 2 rings (SSSR count). The Bertz CT molecular complexity index is 446. The van der Waals surface area contributed by atoms with Gasteiger partial charge < -0.3 is 14.8 Å². The third kappa shape index (κ3) is 3.39. The van der Waals surface area contributed by atoms with Crippen molar-refractivity contribution in [3.05, 3.63) is 22.7 Å². The predicted molar refractivity (Wildman–Crippen MR) is 82.9 cm³/mol. The number of hydrogen-bond acceptors (Lipinski definition) is 3. The van der Waals surface area contributed by atoms with E-state index in [1.54, 1.807) is 14.2 Å². The van der Waals surface area contributed by atoms with Gasteiger partial charge in [-0.1, -0.05) is 37.8 Å². The van der Waals surface area contributed by atoms with Crippen LogP contribution in [-0.4, -0.2) is 20.8 Å². The normalized spacial score (nSPS) is 16.6. The van der Waals surface area contributed by atoms with Gasteiger partial charge in [0.25, 0.3) is 0 Å². The molecule has 4 heteroatoms. The predicted octanol–water partition coefficient (Wildman–Crippen LogP) is 4.20. The van der Waals surface area contributed by atoms with Crippen molar-refractivity contribution in [2.45, 2.75) is 38.6 Å². The Kier molecular flexibility index (Phi) is 5.55. The van der Waals surface area contributed by atoms with E-state index in [4.69, 9.17) is 21.1 Å². The minimum Gasteiger partial charge on any atom is -0.493 e. The Morgan fingerprint density at radius 1 is 1.25 bits per heavy atom. The van der Waals surface area contributed by atoms with Gasteiger partial charge in [-0.2, -0.15) is 0 Å². The van der Waals surface area contributed by atoms with E-state index in [0.717, 1.165) is 35.2 Å². The average Bonchev–Trinajstić information content (AvgIpc) is 2.41. The van der Waals surface area contributed by atoms with Crippen LogP contribution in [0.5, 0.6) is 11.5 Å². The fraction of sp³-hybridized carbons (Fsp3) is 0.625. The lowest BCUT2D eigenvalue weighted by Gasteiger charge is -2.31. The van der Waals surface area contributed by atoms with Gasteiger partial charge in [0.2, 0.25) is 0 Å². The summed E-state index contributed by atoms with van der Waals surface area (Å²) in [6.07, 6.45) is 5.19. The molecule has 0 aliphatic heterocycles. The van der Waals surface area contributed by atoms with Crippen LogP contribution in [-0.2, 0) is 0 Å². The third-order valence-corrected chi connectivity index (χ3v) is 4.45. The monoisotopic (exact) mass is 297 g/mol. The Morgan fingerprint density at radius 2 is 1.90 bits per heavy atom. The molecule has 3 nitrogen and oxygen atoms in total.